The summed E-state index contributed by atoms with van der Waals surface area (Å²) in [6, 6.07) is 0. The molecular formula is C9H19NO2. The molecule has 0 saturated heterocycles. The van der Waals surface area contributed by atoms with Gasteiger partial charge in [0.2, 0.25) is 0 Å². The largest absolute Gasteiger partial charge is 0.481 e. The Morgan fingerprint density at radius 1 is 1.58 bits per heavy atom. The number of hydrogen-bond donors (Lipinski definition) is 2. The van der Waals surface area contributed by atoms with Crippen molar-refractivity contribution in [2.75, 3.05) is 6.54 Å². The molecule has 1 atom stereocenters. The number of aliphatic carboxylic acids is 1. The first-order valence-electron chi connectivity index (χ1n) is 4.42. The molecule has 3 nitrogen and oxygen atoms in total. The summed E-state index contributed by atoms with van der Waals surface area (Å²) in [5.41, 5.74) is 4.79. The van der Waals surface area contributed by atoms with Crippen molar-refractivity contribution in [3.05, 3.63) is 0 Å². The number of nitrogens with two attached hydrogens (primary N) is 1. The van der Waals surface area contributed by atoms with Crippen molar-refractivity contribution >= 4 is 5.97 Å². The van der Waals surface area contributed by atoms with Crippen LogP contribution in [0.3, 0.4) is 0 Å². The molecule has 0 aliphatic carbocycles. The molecule has 0 aliphatic heterocycles. The third-order valence-corrected chi connectivity index (χ3v) is 2.32. The van der Waals surface area contributed by atoms with Crippen molar-refractivity contribution in [3.8, 4) is 0 Å². The summed E-state index contributed by atoms with van der Waals surface area (Å²) >= 11 is 0. The van der Waals surface area contributed by atoms with Gasteiger partial charge in [0.15, 0.2) is 0 Å². The summed E-state index contributed by atoms with van der Waals surface area (Å²) in [6.07, 6.45) is 1.27. The molecule has 0 radical (unpaired) electrons. The highest BCUT2D eigenvalue weighted by molar-refractivity contribution is 5.74. The van der Waals surface area contributed by atoms with Gasteiger partial charge in [-0.25, -0.2) is 0 Å². The fourth-order valence-electron chi connectivity index (χ4n) is 1.48. The lowest BCUT2D eigenvalue weighted by Crippen LogP contribution is -2.39. The zero-order valence-electron chi connectivity index (χ0n) is 8.13. The van der Waals surface area contributed by atoms with Crippen LogP contribution in [0.15, 0.2) is 0 Å². The van der Waals surface area contributed by atoms with Crippen molar-refractivity contribution in [3.63, 3.8) is 0 Å². The highest BCUT2D eigenvalue weighted by Gasteiger charge is 2.35. The first kappa shape index (κ1) is 11.4. The molecule has 0 aliphatic rings. The second-order valence-corrected chi connectivity index (χ2v) is 3.74. The van der Waals surface area contributed by atoms with Crippen LogP contribution in [0.5, 0.6) is 0 Å². The zero-order chi connectivity index (χ0) is 9.78. The lowest BCUT2D eigenvalue weighted by atomic mass is 9.78. The van der Waals surface area contributed by atoms with Crippen LogP contribution in [0.25, 0.3) is 0 Å². The van der Waals surface area contributed by atoms with Gasteiger partial charge in [0.1, 0.15) is 0 Å². The Hall–Kier alpha value is -0.570. The SMILES string of the molecule is CCC(CN)(CC(C)C)C(=O)O. The van der Waals surface area contributed by atoms with Gasteiger partial charge in [-0.15, -0.1) is 0 Å². The second-order valence-electron chi connectivity index (χ2n) is 3.74. The van der Waals surface area contributed by atoms with Gasteiger partial charge >= 0.3 is 5.97 Å². The van der Waals surface area contributed by atoms with Crippen LogP contribution >= 0.6 is 0 Å². The van der Waals surface area contributed by atoms with Crippen LogP contribution in [0.1, 0.15) is 33.6 Å². The highest BCUT2D eigenvalue weighted by atomic mass is 16.4. The van der Waals surface area contributed by atoms with Gasteiger partial charge in [-0.2, -0.15) is 0 Å². The summed E-state index contributed by atoms with van der Waals surface area (Å²) in [6.45, 7) is 6.15. The molecule has 1 unspecified atom stereocenters. The van der Waals surface area contributed by atoms with E-state index >= 15 is 0 Å². The Balaban J connectivity index is 4.46. The third kappa shape index (κ3) is 2.48. The smallest absolute Gasteiger partial charge is 0.310 e. The molecule has 0 fully saturated rings. The Bertz CT molecular complexity index is 151. The van der Waals surface area contributed by atoms with E-state index in [4.69, 9.17) is 10.8 Å². The van der Waals surface area contributed by atoms with E-state index in [1.54, 1.807) is 0 Å². The molecule has 0 aromatic carbocycles. The van der Waals surface area contributed by atoms with Gasteiger partial charge in [-0.1, -0.05) is 20.8 Å². The molecule has 0 amide bonds. The standard InChI is InChI=1S/C9H19NO2/c1-4-9(6-10,8(11)12)5-7(2)3/h7H,4-6,10H2,1-3H3,(H,11,12). The van der Waals surface area contributed by atoms with Crippen LogP contribution in [0.4, 0.5) is 0 Å². The molecule has 0 spiro atoms. The van der Waals surface area contributed by atoms with Gasteiger partial charge in [-0.3, -0.25) is 4.79 Å². The fraction of sp³-hybridized carbons (Fsp3) is 0.889. The Morgan fingerprint density at radius 2 is 2.08 bits per heavy atom. The average Bonchev–Trinajstić information content (AvgIpc) is 1.99. The van der Waals surface area contributed by atoms with Crippen LogP contribution in [0.2, 0.25) is 0 Å². The summed E-state index contributed by atoms with van der Waals surface area (Å²) in [4.78, 5) is 10.9. The Morgan fingerprint density at radius 3 is 2.17 bits per heavy atom. The van der Waals surface area contributed by atoms with E-state index in [1.807, 2.05) is 20.8 Å². The molecule has 0 aromatic heterocycles. The van der Waals surface area contributed by atoms with E-state index in [0.29, 0.717) is 18.8 Å². The van der Waals surface area contributed by atoms with E-state index in [9.17, 15) is 4.79 Å². The number of carboxylic acid groups (broad SMARTS) is 1. The number of carbonyl (C=O) groups is 1. The van der Waals surface area contributed by atoms with Crippen molar-refractivity contribution < 1.29 is 9.90 Å². The van der Waals surface area contributed by atoms with E-state index in [2.05, 4.69) is 0 Å². The maximum Gasteiger partial charge on any atom is 0.310 e. The molecule has 3 N–H and O–H groups in total. The van der Waals surface area contributed by atoms with Crippen LogP contribution in [0, 0.1) is 11.3 Å². The molecule has 0 heterocycles. The van der Waals surface area contributed by atoms with Crippen molar-refractivity contribution in [1.29, 1.82) is 0 Å². The van der Waals surface area contributed by atoms with Crippen molar-refractivity contribution in [1.82, 2.24) is 0 Å². The molecule has 12 heavy (non-hydrogen) atoms. The first-order chi connectivity index (χ1) is 5.48. The number of hydrogen-bond acceptors (Lipinski definition) is 2. The summed E-state index contributed by atoms with van der Waals surface area (Å²) < 4.78 is 0. The van der Waals surface area contributed by atoms with Crippen molar-refractivity contribution in [2.45, 2.75) is 33.6 Å². The summed E-state index contributed by atoms with van der Waals surface area (Å²) in [5.74, 6) is -0.384. The molecule has 0 saturated carbocycles. The molecule has 3 heteroatoms. The normalized spacial score (nSPS) is 16.1. The summed E-state index contributed by atoms with van der Waals surface area (Å²) in [5, 5.41) is 8.99. The van der Waals surface area contributed by atoms with Gasteiger partial charge in [0.25, 0.3) is 0 Å². The predicted molar refractivity (Wildman–Crippen MR) is 48.9 cm³/mol. The average molecular weight is 173 g/mol. The maximum atomic E-state index is 10.9. The summed E-state index contributed by atoms with van der Waals surface area (Å²) in [7, 11) is 0. The molecule has 0 bridgehead atoms. The van der Waals surface area contributed by atoms with Gasteiger partial charge in [0.05, 0.1) is 5.41 Å². The van der Waals surface area contributed by atoms with E-state index < -0.39 is 11.4 Å². The minimum absolute atomic E-state index is 0.233. The Labute approximate surface area is 74.0 Å². The monoisotopic (exact) mass is 173 g/mol. The fourth-order valence-corrected chi connectivity index (χ4v) is 1.48. The first-order valence-corrected chi connectivity index (χ1v) is 4.42. The van der Waals surface area contributed by atoms with E-state index in [1.165, 1.54) is 0 Å². The molecular weight excluding hydrogens is 154 g/mol. The predicted octanol–water partition coefficient (Wildman–Crippen LogP) is 1.47. The number of carboxylic acids is 1. The van der Waals surface area contributed by atoms with Crippen LogP contribution in [-0.2, 0) is 4.79 Å². The maximum absolute atomic E-state index is 10.9. The molecule has 72 valence electrons. The number of rotatable bonds is 5. The van der Waals surface area contributed by atoms with Crippen LogP contribution < -0.4 is 5.73 Å². The second kappa shape index (κ2) is 4.45. The van der Waals surface area contributed by atoms with Crippen LogP contribution in [-0.4, -0.2) is 17.6 Å². The van der Waals surface area contributed by atoms with Crippen molar-refractivity contribution in [2.24, 2.45) is 17.1 Å². The van der Waals surface area contributed by atoms with E-state index in [0.717, 1.165) is 0 Å². The topological polar surface area (TPSA) is 63.3 Å². The minimum atomic E-state index is -0.763. The van der Waals surface area contributed by atoms with E-state index in [-0.39, 0.29) is 6.54 Å². The van der Waals surface area contributed by atoms with Gasteiger partial charge in [-0.05, 0) is 18.8 Å². The van der Waals surface area contributed by atoms with Gasteiger partial charge in [0, 0.05) is 6.54 Å². The lowest BCUT2D eigenvalue weighted by molar-refractivity contribution is -0.149. The lowest BCUT2D eigenvalue weighted by Gasteiger charge is -2.28. The third-order valence-electron chi connectivity index (χ3n) is 2.32. The Kier molecular flexibility index (Phi) is 4.24. The quantitative estimate of drug-likeness (QED) is 0.661. The highest BCUT2D eigenvalue weighted by Crippen LogP contribution is 2.29. The zero-order valence-corrected chi connectivity index (χ0v) is 8.13. The van der Waals surface area contributed by atoms with Gasteiger partial charge < -0.3 is 10.8 Å². The molecule has 0 aromatic rings. The minimum Gasteiger partial charge on any atom is -0.481 e. The molecule has 0 rings (SSSR count).